The Hall–Kier alpha value is -4.80. The molecule has 8 nitrogen and oxygen atoms in total. The number of halogens is 1. The van der Waals surface area contributed by atoms with Crippen LogP contribution in [0.5, 0.6) is 0 Å². The minimum atomic E-state index is -1.45. The number of hydrogen-bond donors (Lipinski definition) is 4. The number of fused-ring (bicyclic) bond motifs is 1. The van der Waals surface area contributed by atoms with E-state index in [1.165, 1.54) is 44.2 Å². The highest BCUT2D eigenvalue weighted by Gasteiger charge is 2.17. The van der Waals surface area contributed by atoms with Gasteiger partial charge in [-0.2, -0.15) is 14.5 Å². The first-order valence-electron chi connectivity index (χ1n) is 16.2. The van der Waals surface area contributed by atoms with Gasteiger partial charge in [-0.05, 0) is 72.6 Å². The summed E-state index contributed by atoms with van der Waals surface area (Å²) in [6.45, 7) is 11.1. The number of aromatic nitrogens is 6. The molecule has 10 heteroatoms. The van der Waals surface area contributed by atoms with E-state index in [4.69, 9.17) is 4.98 Å². The third-order valence-corrected chi connectivity index (χ3v) is 9.48. The van der Waals surface area contributed by atoms with Gasteiger partial charge in [0, 0.05) is 41.0 Å². The summed E-state index contributed by atoms with van der Waals surface area (Å²) in [6, 6.07) is 7.00. The Balaban J connectivity index is 1.30. The Morgan fingerprint density at radius 2 is 1.83 bits per heavy atom. The maximum atomic E-state index is 14.8. The monoisotopic (exact) mass is 662 g/mol. The third-order valence-electron chi connectivity index (χ3n) is 8.64. The van der Waals surface area contributed by atoms with Crippen LogP contribution in [0.1, 0.15) is 56.6 Å². The molecule has 48 heavy (non-hydrogen) atoms. The number of rotatable bonds is 11. The number of benzene rings is 1. The zero-order valence-electron chi connectivity index (χ0n) is 27.7. The fourth-order valence-corrected chi connectivity index (χ4v) is 6.78. The van der Waals surface area contributed by atoms with Crippen molar-refractivity contribution >= 4 is 55.6 Å². The maximum Gasteiger partial charge on any atom is 0.159 e. The van der Waals surface area contributed by atoms with Gasteiger partial charge in [-0.25, -0.2) is 9.37 Å². The average molecular weight is 663 g/mol. The van der Waals surface area contributed by atoms with Crippen LogP contribution in [0.25, 0.3) is 51.4 Å². The van der Waals surface area contributed by atoms with Crippen molar-refractivity contribution < 1.29 is 4.39 Å². The van der Waals surface area contributed by atoms with Gasteiger partial charge in [-0.15, -0.1) is 0 Å². The molecule has 0 atom stereocenters. The summed E-state index contributed by atoms with van der Waals surface area (Å²) < 4.78 is 18.1. The van der Waals surface area contributed by atoms with Gasteiger partial charge in [0.15, 0.2) is 5.82 Å². The molecule has 1 aliphatic rings. The molecule has 248 valence electrons. The average Bonchev–Trinajstić information content (AvgIpc) is 3.67. The number of nitrogens with one attached hydrogen (secondary N) is 4. The number of pyridine rings is 2. The van der Waals surface area contributed by atoms with E-state index in [2.05, 4.69) is 60.1 Å². The Bertz CT molecular complexity index is 2220. The van der Waals surface area contributed by atoms with Crippen molar-refractivity contribution in [1.29, 1.82) is 0 Å². The molecule has 4 heterocycles. The van der Waals surface area contributed by atoms with E-state index in [0.717, 1.165) is 45.1 Å². The second-order valence-electron chi connectivity index (χ2n) is 12.9. The molecule has 0 unspecified atom stereocenters. The zero-order chi connectivity index (χ0) is 33.8. The quantitative estimate of drug-likeness (QED) is 0.113. The Labute approximate surface area is 281 Å². The molecule has 4 aromatic heterocycles. The lowest BCUT2D eigenvalue weighted by atomic mass is 9.86. The lowest BCUT2D eigenvalue weighted by Crippen LogP contribution is -2.23. The van der Waals surface area contributed by atoms with Crippen molar-refractivity contribution in [2.75, 3.05) is 11.6 Å². The standard InChI is InChI=1S/C38H43FN8S/c1-7-34-32(13-24(2)29-18-31(21-40-20-29)43-25(3)14-26-11-9-8-10-12-26)37(47-46-34)38-44-35-23-41-22-33(36(35)45-38)28-15-27(16-30(39)17-28)19-42-48(4,5)6/h7,13,15-18,20-23,26,42-43,46H,2-5,8-12,14,19H2,1,6H3,(H,44,45)/b32-13+,34-7+. The summed E-state index contributed by atoms with van der Waals surface area (Å²) in [5.41, 5.74) is 7.75. The van der Waals surface area contributed by atoms with Crippen LogP contribution in [0.2, 0.25) is 0 Å². The number of H-pyrrole nitrogens is 2. The lowest BCUT2D eigenvalue weighted by Gasteiger charge is -2.22. The van der Waals surface area contributed by atoms with Crippen molar-refractivity contribution in [3.63, 3.8) is 0 Å². The maximum absolute atomic E-state index is 14.8. The van der Waals surface area contributed by atoms with E-state index in [1.807, 2.05) is 43.7 Å². The predicted octanol–water partition coefficient (Wildman–Crippen LogP) is 7.04. The van der Waals surface area contributed by atoms with Crippen molar-refractivity contribution in [1.82, 2.24) is 34.9 Å². The van der Waals surface area contributed by atoms with Gasteiger partial charge in [0.1, 0.15) is 11.5 Å². The minimum Gasteiger partial charge on any atom is -0.358 e. The second-order valence-corrected chi connectivity index (χ2v) is 15.7. The highest BCUT2D eigenvalue weighted by molar-refractivity contribution is 8.25. The highest BCUT2D eigenvalue weighted by atomic mass is 32.2. The first kappa shape index (κ1) is 33.1. The Morgan fingerprint density at radius 3 is 2.60 bits per heavy atom. The molecule has 0 radical (unpaired) electrons. The summed E-state index contributed by atoms with van der Waals surface area (Å²) >= 11 is 0. The highest BCUT2D eigenvalue weighted by Crippen LogP contribution is 2.31. The molecule has 1 saturated carbocycles. The fourth-order valence-electron chi connectivity index (χ4n) is 6.27. The third kappa shape index (κ3) is 7.83. The van der Waals surface area contributed by atoms with Crippen molar-refractivity contribution in [3.05, 3.63) is 95.4 Å². The number of hydrogen-bond acceptors (Lipinski definition) is 6. The van der Waals surface area contributed by atoms with Gasteiger partial charge in [-0.3, -0.25) is 19.8 Å². The molecule has 4 N–H and O–H groups in total. The van der Waals surface area contributed by atoms with Crippen LogP contribution >= 0.6 is 9.39 Å². The molecule has 6 rings (SSSR count). The largest absolute Gasteiger partial charge is 0.358 e. The van der Waals surface area contributed by atoms with Gasteiger partial charge >= 0.3 is 0 Å². The molecule has 1 aliphatic carbocycles. The number of aromatic amines is 2. The number of imidazole rings is 1. The van der Waals surface area contributed by atoms with Crippen molar-refractivity contribution in [2.45, 2.75) is 52.0 Å². The molecule has 1 fully saturated rings. The van der Waals surface area contributed by atoms with Gasteiger partial charge in [0.25, 0.3) is 0 Å². The lowest BCUT2D eigenvalue weighted by molar-refractivity contribution is 0.357. The number of nitrogens with zero attached hydrogens (tertiary/aromatic N) is 4. The van der Waals surface area contributed by atoms with Gasteiger partial charge in [0.2, 0.25) is 0 Å². The van der Waals surface area contributed by atoms with Crippen LogP contribution in [-0.2, 0) is 6.54 Å². The van der Waals surface area contributed by atoms with Crippen LogP contribution in [-0.4, -0.2) is 48.1 Å². The molecular weight excluding hydrogens is 620 g/mol. The first-order valence-corrected chi connectivity index (χ1v) is 18.6. The number of anilines is 1. The van der Waals surface area contributed by atoms with E-state index in [0.29, 0.717) is 46.1 Å². The van der Waals surface area contributed by atoms with Gasteiger partial charge in [-0.1, -0.05) is 63.1 Å². The first-order chi connectivity index (χ1) is 23.1. The van der Waals surface area contributed by atoms with E-state index in [-0.39, 0.29) is 5.82 Å². The topological polar surface area (TPSA) is 107 Å². The summed E-state index contributed by atoms with van der Waals surface area (Å²) in [6.07, 6.45) is 20.4. The predicted molar refractivity (Wildman–Crippen MR) is 203 cm³/mol. The van der Waals surface area contributed by atoms with Gasteiger partial charge < -0.3 is 10.3 Å². The molecule has 0 spiro atoms. The van der Waals surface area contributed by atoms with Crippen LogP contribution in [0.15, 0.2) is 67.9 Å². The minimum absolute atomic E-state index is 0.338. The van der Waals surface area contributed by atoms with E-state index < -0.39 is 9.39 Å². The molecule has 0 bridgehead atoms. The van der Waals surface area contributed by atoms with Crippen LogP contribution in [0.3, 0.4) is 0 Å². The summed E-state index contributed by atoms with van der Waals surface area (Å²) in [5.74, 6) is 9.03. The summed E-state index contributed by atoms with van der Waals surface area (Å²) in [4.78, 5) is 17.3. The van der Waals surface area contributed by atoms with Crippen LogP contribution in [0, 0.1) is 11.7 Å². The van der Waals surface area contributed by atoms with Crippen LogP contribution < -0.4 is 20.6 Å². The van der Waals surface area contributed by atoms with Gasteiger partial charge in [0.05, 0.1) is 34.5 Å². The molecular formula is C38H43FN8S. The second kappa shape index (κ2) is 14.1. The Kier molecular flexibility index (Phi) is 9.75. The SMILES string of the molecule is C=C(CC1CCCCC1)Nc1cncc(C(=C)/C=c2/c(-c3nc4c(-c5cc(F)cc(CNS(=C)(=C)C)c5)cncc4[nH]3)n[nH]/c2=C/C)c1. The van der Waals surface area contributed by atoms with E-state index in [9.17, 15) is 4.39 Å². The summed E-state index contributed by atoms with van der Waals surface area (Å²) in [7, 11) is -1.45. The smallest absolute Gasteiger partial charge is 0.159 e. The Morgan fingerprint density at radius 1 is 1.04 bits per heavy atom. The summed E-state index contributed by atoms with van der Waals surface area (Å²) in [5, 5.41) is 12.9. The molecule has 1 aromatic carbocycles. The molecule has 0 saturated heterocycles. The fraction of sp³-hybridized carbons (Fsp3) is 0.263. The number of allylic oxidation sites excluding steroid dienone is 2. The van der Waals surface area contributed by atoms with E-state index >= 15 is 0 Å². The van der Waals surface area contributed by atoms with E-state index in [1.54, 1.807) is 18.6 Å². The van der Waals surface area contributed by atoms with Crippen LogP contribution in [0.4, 0.5) is 10.1 Å². The normalized spacial score (nSPS) is 14.9. The van der Waals surface area contributed by atoms with Crippen molar-refractivity contribution in [2.24, 2.45) is 5.92 Å². The zero-order valence-corrected chi connectivity index (χ0v) is 28.5. The molecule has 0 amide bonds. The van der Waals surface area contributed by atoms with Crippen molar-refractivity contribution in [3.8, 4) is 22.6 Å². The molecule has 5 aromatic rings. The molecule has 0 aliphatic heterocycles.